The lowest BCUT2D eigenvalue weighted by molar-refractivity contribution is -0.142. The third-order valence-electron chi connectivity index (χ3n) is 8.13. The summed E-state index contributed by atoms with van der Waals surface area (Å²) in [6.07, 6.45) is 4.92. The van der Waals surface area contributed by atoms with Crippen molar-refractivity contribution < 1.29 is 18.7 Å². The van der Waals surface area contributed by atoms with Crippen molar-refractivity contribution in [2.75, 3.05) is 26.7 Å². The lowest BCUT2D eigenvalue weighted by Gasteiger charge is -2.35. The lowest BCUT2D eigenvalue weighted by Crippen LogP contribution is -2.45. The fraction of sp³-hybridized carbons (Fsp3) is 0.394. The summed E-state index contributed by atoms with van der Waals surface area (Å²) >= 11 is 0. The van der Waals surface area contributed by atoms with Crippen LogP contribution in [0.25, 0.3) is 11.1 Å². The van der Waals surface area contributed by atoms with Crippen LogP contribution in [0, 0.1) is 5.82 Å². The van der Waals surface area contributed by atoms with Crippen LogP contribution in [0.3, 0.4) is 0 Å². The van der Waals surface area contributed by atoms with Crippen molar-refractivity contribution in [2.24, 2.45) is 0 Å². The van der Waals surface area contributed by atoms with E-state index in [0.29, 0.717) is 17.5 Å². The highest BCUT2D eigenvalue weighted by molar-refractivity contribution is 6.01. The minimum atomic E-state index is -0.319. The van der Waals surface area contributed by atoms with Crippen LogP contribution in [0.4, 0.5) is 4.39 Å². The SMILES string of the molecule is CCC(CCCN1CCC(NC(=O)c2ccccc2-c2cccc(F)c2)CC1)(CC(=O)OC)c1ccccc1. The highest BCUT2D eigenvalue weighted by atomic mass is 19.1. The molecule has 0 saturated carbocycles. The summed E-state index contributed by atoms with van der Waals surface area (Å²) in [5.74, 6) is -0.608. The molecule has 3 aromatic rings. The van der Waals surface area contributed by atoms with Crippen LogP contribution < -0.4 is 5.32 Å². The molecule has 1 saturated heterocycles. The quantitative estimate of drug-likeness (QED) is 0.292. The van der Waals surface area contributed by atoms with Gasteiger partial charge in [-0.25, -0.2) is 4.39 Å². The Morgan fingerprint density at radius 1 is 1.00 bits per heavy atom. The predicted molar refractivity (Wildman–Crippen MR) is 153 cm³/mol. The summed E-state index contributed by atoms with van der Waals surface area (Å²) in [4.78, 5) is 27.9. The fourth-order valence-corrected chi connectivity index (χ4v) is 5.77. The van der Waals surface area contributed by atoms with Crippen LogP contribution in [0.1, 0.15) is 61.4 Å². The third kappa shape index (κ3) is 7.33. The van der Waals surface area contributed by atoms with E-state index in [-0.39, 0.29) is 29.2 Å². The number of hydrogen-bond acceptors (Lipinski definition) is 4. The van der Waals surface area contributed by atoms with Gasteiger partial charge in [0.25, 0.3) is 5.91 Å². The first-order chi connectivity index (χ1) is 18.9. The molecule has 1 fully saturated rings. The summed E-state index contributed by atoms with van der Waals surface area (Å²) in [7, 11) is 1.46. The number of halogens is 1. The summed E-state index contributed by atoms with van der Waals surface area (Å²) in [6, 6.07) is 24.1. The number of nitrogens with zero attached hydrogens (tertiary/aromatic N) is 1. The van der Waals surface area contributed by atoms with Gasteiger partial charge in [0.15, 0.2) is 0 Å². The van der Waals surface area contributed by atoms with Gasteiger partial charge in [-0.3, -0.25) is 9.59 Å². The summed E-state index contributed by atoms with van der Waals surface area (Å²) < 4.78 is 18.8. The molecule has 1 atom stereocenters. The van der Waals surface area contributed by atoms with Gasteiger partial charge in [0.05, 0.1) is 13.5 Å². The normalized spacial score (nSPS) is 15.9. The van der Waals surface area contributed by atoms with E-state index in [4.69, 9.17) is 4.74 Å². The molecule has 0 aliphatic carbocycles. The van der Waals surface area contributed by atoms with Gasteiger partial charge in [-0.15, -0.1) is 0 Å². The smallest absolute Gasteiger partial charge is 0.306 e. The highest BCUT2D eigenvalue weighted by Gasteiger charge is 2.33. The van der Waals surface area contributed by atoms with Gasteiger partial charge in [-0.05, 0) is 73.5 Å². The van der Waals surface area contributed by atoms with Gasteiger partial charge >= 0.3 is 5.97 Å². The Kier molecular flexibility index (Phi) is 9.88. The Labute approximate surface area is 231 Å². The van der Waals surface area contributed by atoms with Crippen molar-refractivity contribution in [2.45, 2.75) is 56.9 Å². The number of carbonyl (C=O) groups is 2. The van der Waals surface area contributed by atoms with Crippen LogP contribution in [-0.2, 0) is 14.9 Å². The Balaban J connectivity index is 1.31. The Morgan fingerprint density at radius 3 is 2.41 bits per heavy atom. The topological polar surface area (TPSA) is 58.6 Å². The number of benzene rings is 3. The summed E-state index contributed by atoms with van der Waals surface area (Å²) in [5, 5.41) is 3.21. The Morgan fingerprint density at radius 2 is 1.72 bits per heavy atom. The first-order valence-corrected chi connectivity index (χ1v) is 13.9. The number of methoxy groups -OCH3 is 1. The zero-order chi connectivity index (χ0) is 27.7. The largest absolute Gasteiger partial charge is 0.469 e. The van der Waals surface area contributed by atoms with E-state index in [1.807, 2.05) is 42.5 Å². The minimum Gasteiger partial charge on any atom is -0.469 e. The van der Waals surface area contributed by atoms with E-state index in [9.17, 15) is 14.0 Å². The molecular formula is C33H39FN2O3. The molecule has 3 aromatic carbocycles. The summed E-state index contributed by atoms with van der Waals surface area (Å²) in [5.41, 5.74) is 2.96. The van der Waals surface area contributed by atoms with Crippen molar-refractivity contribution in [1.29, 1.82) is 0 Å². The monoisotopic (exact) mass is 530 g/mol. The second-order valence-electron chi connectivity index (χ2n) is 10.5. The van der Waals surface area contributed by atoms with Crippen LogP contribution >= 0.6 is 0 Å². The molecule has 1 heterocycles. The van der Waals surface area contributed by atoms with Gasteiger partial charge in [-0.2, -0.15) is 0 Å². The van der Waals surface area contributed by atoms with E-state index < -0.39 is 0 Å². The predicted octanol–water partition coefficient (Wildman–Crippen LogP) is 6.38. The number of rotatable bonds is 11. The van der Waals surface area contributed by atoms with Crippen LogP contribution in [0.5, 0.6) is 0 Å². The average Bonchev–Trinajstić information content (AvgIpc) is 2.98. The second-order valence-corrected chi connectivity index (χ2v) is 10.5. The minimum absolute atomic E-state index is 0.104. The second kappa shape index (κ2) is 13.5. The molecule has 0 spiro atoms. The molecule has 0 radical (unpaired) electrons. The first kappa shape index (κ1) is 28.5. The number of hydrogen-bond donors (Lipinski definition) is 1. The van der Waals surface area contributed by atoms with Gasteiger partial charge in [0, 0.05) is 30.1 Å². The standard InChI is InChI=1S/C33H39FN2O3/c1-3-33(24-31(37)39-2,26-12-5-4-6-13-26)19-10-20-36-21-17-28(18-22-36)35-32(38)30-16-8-7-15-29(30)25-11-9-14-27(34)23-25/h4-9,11-16,23,28H,3,10,17-22,24H2,1-2H3,(H,35,38). The molecule has 4 rings (SSSR count). The number of ether oxygens (including phenoxy) is 1. The van der Waals surface area contributed by atoms with Crippen molar-refractivity contribution >= 4 is 11.9 Å². The van der Waals surface area contributed by atoms with E-state index in [2.05, 4.69) is 29.3 Å². The number of esters is 1. The maximum atomic E-state index is 13.8. The van der Waals surface area contributed by atoms with Crippen molar-refractivity contribution in [3.05, 3.63) is 95.8 Å². The Bertz CT molecular complexity index is 1240. The van der Waals surface area contributed by atoms with E-state index in [1.165, 1.54) is 24.8 Å². The number of likely N-dealkylation sites (tertiary alicyclic amines) is 1. The maximum Gasteiger partial charge on any atom is 0.306 e. The molecule has 0 aromatic heterocycles. The van der Waals surface area contributed by atoms with E-state index >= 15 is 0 Å². The molecule has 39 heavy (non-hydrogen) atoms. The molecule has 5 nitrogen and oxygen atoms in total. The van der Waals surface area contributed by atoms with Gasteiger partial charge < -0.3 is 15.0 Å². The molecule has 0 bridgehead atoms. The zero-order valence-corrected chi connectivity index (χ0v) is 23.0. The molecule has 1 N–H and O–H groups in total. The third-order valence-corrected chi connectivity index (χ3v) is 8.13. The molecule has 1 unspecified atom stereocenters. The van der Waals surface area contributed by atoms with E-state index in [0.717, 1.165) is 57.3 Å². The number of carbonyl (C=O) groups excluding carboxylic acids is 2. The fourth-order valence-electron chi connectivity index (χ4n) is 5.77. The summed E-state index contributed by atoms with van der Waals surface area (Å²) in [6.45, 7) is 4.94. The number of piperidine rings is 1. The van der Waals surface area contributed by atoms with Gasteiger partial charge in [0.2, 0.25) is 0 Å². The molecule has 1 amide bonds. The molecule has 1 aliphatic rings. The molecular weight excluding hydrogens is 491 g/mol. The molecule has 206 valence electrons. The Hall–Kier alpha value is -3.51. The van der Waals surface area contributed by atoms with Crippen LogP contribution in [-0.4, -0.2) is 49.6 Å². The van der Waals surface area contributed by atoms with Crippen molar-refractivity contribution in [1.82, 2.24) is 10.2 Å². The van der Waals surface area contributed by atoms with Crippen LogP contribution in [0.2, 0.25) is 0 Å². The van der Waals surface area contributed by atoms with Gasteiger partial charge in [-0.1, -0.05) is 67.6 Å². The highest BCUT2D eigenvalue weighted by Crippen LogP contribution is 2.37. The zero-order valence-electron chi connectivity index (χ0n) is 23.0. The number of nitrogens with one attached hydrogen (secondary N) is 1. The van der Waals surface area contributed by atoms with E-state index in [1.54, 1.807) is 12.1 Å². The van der Waals surface area contributed by atoms with Crippen molar-refractivity contribution in [3.8, 4) is 11.1 Å². The molecule has 6 heteroatoms. The average molecular weight is 531 g/mol. The molecule has 1 aliphatic heterocycles. The van der Waals surface area contributed by atoms with Crippen molar-refractivity contribution in [3.63, 3.8) is 0 Å². The van der Waals surface area contributed by atoms with Gasteiger partial charge in [0.1, 0.15) is 5.82 Å². The first-order valence-electron chi connectivity index (χ1n) is 13.9. The lowest BCUT2D eigenvalue weighted by atomic mass is 9.72. The maximum absolute atomic E-state index is 13.8. The number of amides is 1. The van der Waals surface area contributed by atoms with Crippen LogP contribution in [0.15, 0.2) is 78.9 Å².